The number of nitro groups is 1. The van der Waals surface area contributed by atoms with Gasteiger partial charge in [0.05, 0.1) is 22.3 Å². The first-order valence-electron chi connectivity index (χ1n) is 7.63. The van der Waals surface area contributed by atoms with Gasteiger partial charge in [0.2, 0.25) is 12.7 Å². The molecule has 1 unspecified atom stereocenters. The molecule has 0 aliphatic carbocycles. The highest BCUT2D eigenvalue weighted by atomic mass is 32.2. The molecule has 7 nitrogen and oxygen atoms in total. The number of rotatable bonds is 3. The molecule has 4 rings (SSSR count). The van der Waals surface area contributed by atoms with Crippen LogP contribution in [-0.4, -0.2) is 23.4 Å². The molecule has 1 saturated heterocycles. The van der Waals surface area contributed by atoms with E-state index in [2.05, 4.69) is 0 Å². The third-order valence-electron chi connectivity index (χ3n) is 4.16. The van der Waals surface area contributed by atoms with Crippen LogP contribution in [0.3, 0.4) is 0 Å². The van der Waals surface area contributed by atoms with Crippen LogP contribution in [0.4, 0.5) is 11.4 Å². The summed E-state index contributed by atoms with van der Waals surface area (Å²) >= 11 is 1.36. The lowest BCUT2D eigenvalue weighted by Gasteiger charge is -2.24. The maximum absolute atomic E-state index is 12.4. The van der Waals surface area contributed by atoms with Crippen molar-refractivity contribution in [2.24, 2.45) is 0 Å². The van der Waals surface area contributed by atoms with Crippen LogP contribution in [0.15, 0.2) is 36.4 Å². The number of nitro benzene ring substituents is 1. The van der Waals surface area contributed by atoms with E-state index in [1.165, 1.54) is 17.8 Å². The van der Waals surface area contributed by atoms with Crippen LogP contribution in [0.5, 0.6) is 11.5 Å². The first-order valence-corrected chi connectivity index (χ1v) is 8.68. The van der Waals surface area contributed by atoms with Gasteiger partial charge in [0, 0.05) is 5.69 Å². The highest BCUT2D eigenvalue weighted by molar-refractivity contribution is 8.00. The molecule has 128 valence electrons. The summed E-state index contributed by atoms with van der Waals surface area (Å²) in [5.74, 6) is 1.01. The molecule has 0 bridgehead atoms. The van der Waals surface area contributed by atoms with Crippen molar-refractivity contribution in [3.63, 3.8) is 0 Å². The summed E-state index contributed by atoms with van der Waals surface area (Å²) in [6.45, 7) is 2.00. The molecular formula is C17H14N2O5S. The number of carbonyl (C=O) groups excluding carboxylic acids is 1. The summed E-state index contributed by atoms with van der Waals surface area (Å²) in [7, 11) is 0. The first-order chi connectivity index (χ1) is 12.0. The predicted octanol–water partition coefficient (Wildman–Crippen LogP) is 3.41. The summed E-state index contributed by atoms with van der Waals surface area (Å²) in [4.78, 5) is 25.1. The zero-order valence-corrected chi connectivity index (χ0v) is 14.1. The van der Waals surface area contributed by atoms with E-state index in [0.717, 1.165) is 11.3 Å². The Bertz CT molecular complexity index is 868. The fraction of sp³-hybridized carbons (Fsp3) is 0.235. The predicted molar refractivity (Wildman–Crippen MR) is 93.1 cm³/mol. The molecule has 0 spiro atoms. The Morgan fingerprint density at radius 1 is 1.20 bits per heavy atom. The number of fused-ring (bicyclic) bond motifs is 1. The number of anilines is 1. The van der Waals surface area contributed by atoms with Gasteiger partial charge in [0.15, 0.2) is 11.5 Å². The zero-order valence-electron chi connectivity index (χ0n) is 13.3. The van der Waals surface area contributed by atoms with Crippen molar-refractivity contribution in [2.75, 3.05) is 17.4 Å². The van der Waals surface area contributed by atoms with Gasteiger partial charge in [-0.15, -0.1) is 11.8 Å². The smallest absolute Gasteiger partial charge is 0.279 e. The number of nitrogens with zero attached hydrogens (tertiary/aromatic N) is 2. The van der Waals surface area contributed by atoms with Gasteiger partial charge >= 0.3 is 0 Å². The molecule has 2 aliphatic heterocycles. The van der Waals surface area contributed by atoms with E-state index in [9.17, 15) is 14.9 Å². The molecule has 2 heterocycles. The van der Waals surface area contributed by atoms with Crippen molar-refractivity contribution in [3.05, 3.63) is 57.6 Å². The summed E-state index contributed by atoms with van der Waals surface area (Å²) < 4.78 is 10.6. The van der Waals surface area contributed by atoms with Gasteiger partial charge in [-0.1, -0.05) is 17.7 Å². The van der Waals surface area contributed by atoms with E-state index >= 15 is 0 Å². The van der Waals surface area contributed by atoms with Gasteiger partial charge in [-0.2, -0.15) is 0 Å². The Morgan fingerprint density at radius 3 is 2.56 bits per heavy atom. The molecule has 8 heteroatoms. The van der Waals surface area contributed by atoms with Gasteiger partial charge < -0.3 is 9.47 Å². The standard InChI is InChI=1S/C17H14N2O5S/c1-10-2-4-11(5-3-10)18-16(20)8-25-17(18)12-6-14-15(24-9-23-14)7-13(12)19(21)22/h2-7,17H,8-9H2,1H3. The van der Waals surface area contributed by atoms with Crippen molar-refractivity contribution in [3.8, 4) is 11.5 Å². The average Bonchev–Trinajstić information content (AvgIpc) is 3.20. The van der Waals surface area contributed by atoms with Crippen LogP contribution in [0.1, 0.15) is 16.5 Å². The quantitative estimate of drug-likeness (QED) is 0.618. The zero-order chi connectivity index (χ0) is 17.6. The molecule has 0 saturated carbocycles. The van der Waals surface area contributed by atoms with Gasteiger partial charge in [0.1, 0.15) is 5.37 Å². The van der Waals surface area contributed by atoms with Crippen LogP contribution in [0.25, 0.3) is 0 Å². The molecule has 0 aromatic heterocycles. The molecule has 2 aliphatic rings. The topological polar surface area (TPSA) is 81.9 Å². The molecule has 1 fully saturated rings. The number of ether oxygens (including phenoxy) is 2. The maximum Gasteiger partial charge on any atom is 0.279 e. The summed E-state index contributed by atoms with van der Waals surface area (Å²) in [6, 6.07) is 10.5. The van der Waals surface area contributed by atoms with E-state index in [0.29, 0.717) is 17.1 Å². The normalized spacial score (nSPS) is 18.7. The minimum absolute atomic E-state index is 0.0361. The summed E-state index contributed by atoms with van der Waals surface area (Å²) in [5.41, 5.74) is 2.16. The number of aryl methyl sites for hydroxylation is 1. The highest BCUT2D eigenvalue weighted by Gasteiger charge is 2.39. The maximum atomic E-state index is 12.4. The number of carbonyl (C=O) groups is 1. The Labute approximate surface area is 147 Å². The SMILES string of the molecule is Cc1ccc(N2C(=O)CSC2c2cc3c(cc2[N+](=O)[O-])OCO3)cc1. The van der Waals surface area contributed by atoms with Gasteiger partial charge in [-0.3, -0.25) is 19.8 Å². The monoisotopic (exact) mass is 358 g/mol. The lowest BCUT2D eigenvalue weighted by molar-refractivity contribution is -0.385. The van der Waals surface area contributed by atoms with Gasteiger partial charge in [0.25, 0.3) is 5.69 Å². The second kappa shape index (κ2) is 5.96. The molecule has 0 radical (unpaired) electrons. The van der Waals surface area contributed by atoms with Gasteiger partial charge in [-0.25, -0.2) is 0 Å². The molecule has 0 N–H and O–H groups in total. The summed E-state index contributed by atoms with van der Waals surface area (Å²) in [5, 5.41) is 11.1. The Morgan fingerprint density at radius 2 is 1.88 bits per heavy atom. The second-order valence-electron chi connectivity index (χ2n) is 5.78. The van der Waals surface area contributed by atoms with E-state index in [4.69, 9.17) is 9.47 Å². The summed E-state index contributed by atoms with van der Waals surface area (Å²) in [6.07, 6.45) is 0. The van der Waals surface area contributed by atoms with Crippen LogP contribution in [0, 0.1) is 17.0 Å². The molecule has 2 aromatic carbocycles. The molecule has 2 aromatic rings. The number of hydrogen-bond acceptors (Lipinski definition) is 6. The first kappa shape index (κ1) is 15.8. The largest absolute Gasteiger partial charge is 0.454 e. The Hall–Kier alpha value is -2.74. The average molecular weight is 358 g/mol. The van der Waals surface area contributed by atoms with Crippen LogP contribution in [-0.2, 0) is 4.79 Å². The van der Waals surface area contributed by atoms with E-state index in [-0.39, 0.29) is 24.1 Å². The Kier molecular flexibility index (Phi) is 3.76. The molecule has 25 heavy (non-hydrogen) atoms. The van der Waals surface area contributed by atoms with Crippen LogP contribution < -0.4 is 14.4 Å². The third kappa shape index (κ3) is 2.68. The molecule has 1 amide bonds. The van der Waals surface area contributed by atoms with E-state index < -0.39 is 10.3 Å². The van der Waals surface area contributed by atoms with Crippen molar-refractivity contribution in [2.45, 2.75) is 12.3 Å². The number of benzene rings is 2. The fourth-order valence-electron chi connectivity index (χ4n) is 2.94. The number of thioether (sulfide) groups is 1. The minimum atomic E-state index is -0.481. The number of amides is 1. The van der Waals surface area contributed by atoms with E-state index in [1.54, 1.807) is 11.0 Å². The number of hydrogen-bond donors (Lipinski definition) is 0. The van der Waals surface area contributed by atoms with Gasteiger partial charge in [-0.05, 0) is 25.1 Å². The molecule has 1 atom stereocenters. The van der Waals surface area contributed by atoms with Crippen molar-refractivity contribution in [1.82, 2.24) is 0 Å². The highest BCUT2D eigenvalue weighted by Crippen LogP contribution is 2.48. The Balaban J connectivity index is 1.81. The lowest BCUT2D eigenvalue weighted by atomic mass is 10.1. The van der Waals surface area contributed by atoms with Crippen molar-refractivity contribution in [1.29, 1.82) is 0 Å². The molecular weight excluding hydrogens is 344 g/mol. The second-order valence-corrected chi connectivity index (χ2v) is 6.85. The third-order valence-corrected chi connectivity index (χ3v) is 5.36. The minimum Gasteiger partial charge on any atom is -0.454 e. The van der Waals surface area contributed by atoms with Crippen molar-refractivity contribution < 1.29 is 19.2 Å². The fourth-order valence-corrected chi connectivity index (χ4v) is 4.14. The van der Waals surface area contributed by atoms with Crippen LogP contribution >= 0.6 is 11.8 Å². The van der Waals surface area contributed by atoms with Crippen LogP contribution in [0.2, 0.25) is 0 Å². The van der Waals surface area contributed by atoms with E-state index in [1.807, 2.05) is 31.2 Å². The van der Waals surface area contributed by atoms with Crippen molar-refractivity contribution >= 4 is 29.0 Å². The lowest BCUT2D eigenvalue weighted by Crippen LogP contribution is -2.28.